The van der Waals surface area contributed by atoms with Crippen LogP contribution in [-0.4, -0.2) is 15.7 Å². The molecule has 0 saturated heterocycles. The molecule has 1 aromatic rings. The lowest BCUT2D eigenvalue weighted by Crippen LogP contribution is -2.26. The summed E-state index contributed by atoms with van der Waals surface area (Å²) in [6, 6.07) is 3.90. The Balaban J connectivity index is 2.58. The number of hydrogen-bond acceptors (Lipinski definition) is 2. The van der Waals surface area contributed by atoms with E-state index >= 15 is 0 Å². The molecular formula is C11H17NO. The third kappa shape index (κ3) is 3.55. The Hall–Kier alpha value is -0.890. The van der Waals surface area contributed by atoms with E-state index in [1.54, 1.807) is 6.20 Å². The topological polar surface area (TPSA) is 33.1 Å². The summed E-state index contributed by atoms with van der Waals surface area (Å²) in [6.07, 6.45) is 6.09. The van der Waals surface area contributed by atoms with Crippen LogP contribution in [0.25, 0.3) is 0 Å². The minimum absolute atomic E-state index is 0.586. The summed E-state index contributed by atoms with van der Waals surface area (Å²) in [4.78, 5) is 4.02. The van der Waals surface area contributed by atoms with Crippen LogP contribution in [0.3, 0.4) is 0 Å². The molecule has 0 fully saturated rings. The van der Waals surface area contributed by atoms with E-state index in [0.29, 0.717) is 6.42 Å². The summed E-state index contributed by atoms with van der Waals surface area (Å²) in [5, 5.41) is 9.94. The predicted octanol–water partition coefficient (Wildman–Crippen LogP) is 2.18. The fourth-order valence-corrected chi connectivity index (χ4v) is 1.57. The number of aromatic nitrogens is 1. The van der Waals surface area contributed by atoms with Gasteiger partial charge in [0.05, 0.1) is 5.60 Å². The Morgan fingerprint density at radius 2 is 2.31 bits per heavy atom. The molecule has 1 rings (SSSR count). The molecule has 72 valence electrons. The Kier molecular flexibility index (Phi) is 3.43. The normalized spacial score (nSPS) is 15.3. The summed E-state index contributed by atoms with van der Waals surface area (Å²) in [6.45, 7) is 3.96. The predicted molar refractivity (Wildman–Crippen MR) is 53.5 cm³/mol. The fraction of sp³-hybridized carbons (Fsp3) is 0.545. The van der Waals surface area contributed by atoms with Gasteiger partial charge in [0.2, 0.25) is 0 Å². The van der Waals surface area contributed by atoms with Crippen molar-refractivity contribution in [3.8, 4) is 0 Å². The molecule has 0 amide bonds. The van der Waals surface area contributed by atoms with E-state index in [1.165, 1.54) is 0 Å². The highest BCUT2D eigenvalue weighted by molar-refractivity contribution is 5.11. The fourth-order valence-electron chi connectivity index (χ4n) is 1.57. The van der Waals surface area contributed by atoms with Crippen LogP contribution in [0.1, 0.15) is 32.3 Å². The Bertz CT molecular complexity index is 244. The summed E-state index contributed by atoms with van der Waals surface area (Å²) in [7, 11) is 0. The lowest BCUT2D eigenvalue weighted by atomic mass is 9.93. The summed E-state index contributed by atoms with van der Waals surface area (Å²) >= 11 is 0. The molecule has 0 aliphatic carbocycles. The zero-order valence-electron chi connectivity index (χ0n) is 8.33. The van der Waals surface area contributed by atoms with Crippen LogP contribution in [-0.2, 0) is 6.42 Å². The number of aliphatic hydroxyl groups is 1. The second-order valence-corrected chi connectivity index (χ2v) is 3.78. The molecule has 0 bridgehead atoms. The molecule has 1 heterocycles. The van der Waals surface area contributed by atoms with Crippen LogP contribution in [0.15, 0.2) is 24.5 Å². The van der Waals surface area contributed by atoms with Crippen molar-refractivity contribution in [2.45, 2.75) is 38.7 Å². The zero-order valence-corrected chi connectivity index (χ0v) is 8.33. The van der Waals surface area contributed by atoms with Crippen molar-refractivity contribution < 1.29 is 5.11 Å². The molecule has 0 aliphatic heterocycles. The zero-order chi connectivity index (χ0) is 9.73. The van der Waals surface area contributed by atoms with E-state index in [4.69, 9.17) is 0 Å². The average molecular weight is 179 g/mol. The SMILES string of the molecule is CCC[C@@](C)(O)Cc1cccnc1. The van der Waals surface area contributed by atoms with E-state index in [1.807, 2.05) is 25.3 Å². The maximum Gasteiger partial charge on any atom is 0.0660 e. The van der Waals surface area contributed by atoms with Crippen LogP contribution >= 0.6 is 0 Å². The van der Waals surface area contributed by atoms with Crippen molar-refractivity contribution in [3.63, 3.8) is 0 Å². The molecule has 0 spiro atoms. The van der Waals surface area contributed by atoms with E-state index in [2.05, 4.69) is 11.9 Å². The molecule has 0 unspecified atom stereocenters. The number of nitrogens with zero attached hydrogens (tertiary/aromatic N) is 1. The highest BCUT2D eigenvalue weighted by Gasteiger charge is 2.19. The highest BCUT2D eigenvalue weighted by Crippen LogP contribution is 2.17. The standard InChI is InChI=1S/C11H17NO/c1-3-6-11(2,13)8-10-5-4-7-12-9-10/h4-5,7,9,13H,3,6,8H2,1-2H3/t11-/m1/s1. The Labute approximate surface area is 79.6 Å². The molecule has 13 heavy (non-hydrogen) atoms. The van der Waals surface area contributed by atoms with Crippen LogP contribution < -0.4 is 0 Å². The number of hydrogen-bond donors (Lipinski definition) is 1. The number of pyridine rings is 1. The molecule has 0 aliphatic rings. The van der Waals surface area contributed by atoms with Gasteiger partial charge in [0.25, 0.3) is 0 Å². The van der Waals surface area contributed by atoms with Crippen molar-refractivity contribution in [1.29, 1.82) is 0 Å². The molecule has 1 N–H and O–H groups in total. The van der Waals surface area contributed by atoms with Gasteiger partial charge in [-0.05, 0) is 25.0 Å². The first-order valence-corrected chi connectivity index (χ1v) is 4.75. The largest absolute Gasteiger partial charge is 0.390 e. The number of rotatable bonds is 4. The van der Waals surface area contributed by atoms with Gasteiger partial charge in [0.15, 0.2) is 0 Å². The molecule has 2 heteroatoms. The molecule has 1 aromatic heterocycles. The summed E-state index contributed by atoms with van der Waals surface area (Å²) < 4.78 is 0. The minimum Gasteiger partial charge on any atom is -0.390 e. The van der Waals surface area contributed by atoms with Gasteiger partial charge < -0.3 is 5.11 Å². The van der Waals surface area contributed by atoms with Crippen molar-refractivity contribution in [3.05, 3.63) is 30.1 Å². The molecular weight excluding hydrogens is 162 g/mol. The Morgan fingerprint density at radius 1 is 1.54 bits per heavy atom. The smallest absolute Gasteiger partial charge is 0.0660 e. The third-order valence-electron chi connectivity index (χ3n) is 2.10. The van der Waals surface area contributed by atoms with Crippen molar-refractivity contribution in [2.75, 3.05) is 0 Å². The maximum atomic E-state index is 9.94. The molecule has 0 aromatic carbocycles. The average Bonchev–Trinajstić information content (AvgIpc) is 2.04. The van der Waals surface area contributed by atoms with Gasteiger partial charge in [-0.3, -0.25) is 4.98 Å². The first-order valence-electron chi connectivity index (χ1n) is 4.75. The van der Waals surface area contributed by atoms with Gasteiger partial charge in [-0.15, -0.1) is 0 Å². The molecule has 0 saturated carbocycles. The van der Waals surface area contributed by atoms with Crippen molar-refractivity contribution in [2.24, 2.45) is 0 Å². The first kappa shape index (κ1) is 10.2. The summed E-state index contributed by atoms with van der Waals surface area (Å²) in [5.74, 6) is 0. The van der Waals surface area contributed by atoms with Crippen LogP contribution in [0, 0.1) is 0 Å². The highest BCUT2D eigenvalue weighted by atomic mass is 16.3. The van der Waals surface area contributed by atoms with Crippen LogP contribution in [0.5, 0.6) is 0 Å². The second-order valence-electron chi connectivity index (χ2n) is 3.78. The second kappa shape index (κ2) is 4.38. The maximum absolute atomic E-state index is 9.94. The van der Waals surface area contributed by atoms with Gasteiger partial charge >= 0.3 is 0 Å². The Morgan fingerprint density at radius 3 is 2.85 bits per heavy atom. The quantitative estimate of drug-likeness (QED) is 0.768. The molecule has 1 atom stereocenters. The van der Waals surface area contributed by atoms with Gasteiger partial charge in [0.1, 0.15) is 0 Å². The van der Waals surface area contributed by atoms with Crippen molar-refractivity contribution in [1.82, 2.24) is 4.98 Å². The summed E-state index contributed by atoms with van der Waals surface area (Å²) in [5.41, 5.74) is 0.513. The monoisotopic (exact) mass is 179 g/mol. The molecule has 2 nitrogen and oxygen atoms in total. The van der Waals surface area contributed by atoms with E-state index in [9.17, 15) is 5.11 Å². The van der Waals surface area contributed by atoms with E-state index in [-0.39, 0.29) is 0 Å². The van der Waals surface area contributed by atoms with Crippen molar-refractivity contribution >= 4 is 0 Å². The molecule has 0 radical (unpaired) electrons. The minimum atomic E-state index is -0.586. The van der Waals surface area contributed by atoms with Gasteiger partial charge in [-0.1, -0.05) is 19.4 Å². The van der Waals surface area contributed by atoms with E-state index in [0.717, 1.165) is 18.4 Å². The van der Waals surface area contributed by atoms with E-state index < -0.39 is 5.60 Å². The van der Waals surface area contributed by atoms with Gasteiger partial charge in [-0.25, -0.2) is 0 Å². The van der Waals surface area contributed by atoms with Gasteiger partial charge in [-0.2, -0.15) is 0 Å². The van der Waals surface area contributed by atoms with Crippen LogP contribution in [0.2, 0.25) is 0 Å². The lowest BCUT2D eigenvalue weighted by Gasteiger charge is -2.22. The van der Waals surface area contributed by atoms with Gasteiger partial charge in [0, 0.05) is 18.8 Å². The first-order chi connectivity index (χ1) is 6.14. The lowest BCUT2D eigenvalue weighted by molar-refractivity contribution is 0.0505. The third-order valence-corrected chi connectivity index (χ3v) is 2.10. The van der Waals surface area contributed by atoms with Crippen LogP contribution in [0.4, 0.5) is 0 Å².